The molecule has 1 N–H and O–H groups in total. The Morgan fingerprint density at radius 1 is 1.07 bits per heavy atom. The standard InChI is InChI=1S/C22H27BrN2O4S/c23-21-8-4-7-19(15-21)17-30(27,28)25-12-9-20(10-13-25)22(26)24-11-14-29-16-18-5-2-1-3-6-18/h1-8,15,20H,9-14,16-17H2,(H,24,26). The van der Waals surface area contributed by atoms with Crippen LogP contribution in [0.3, 0.4) is 0 Å². The van der Waals surface area contributed by atoms with Gasteiger partial charge in [0.15, 0.2) is 0 Å². The van der Waals surface area contributed by atoms with E-state index in [1.807, 2.05) is 54.6 Å². The average Bonchev–Trinajstić information content (AvgIpc) is 2.74. The molecule has 162 valence electrons. The van der Waals surface area contributed by atoms with Gasteiger partial charge in [-0.1, -0.05) is 58.4 Å². The highest BCUT2D eigenvalue weighted by atomic mass is 79.9. The maximum atomic E-state index is 12.7. The number of rotatable bonds is 9. The largest absolute Gasteiger partial charge is 0.375 e. The minimum absolute atomic E-state index is 0.0256. The van der Waals surface area contributed by atoms with Crippen molar-refractivity contribution in [3.63, 3.8) is 0 Å². The number of carbonyl (C=O) groups is 1. The number of amides is 1. The van der Waals surface area contributed by atoms with Crippen LogP contribution in [-0.4, -0.2) is 44.9 Å². The van der Waals surface area contributed by atoms with Gasteiger partial charge in [-0.05, 0) is 36.1 Å². The van der Waals surface area contributed by atoms with Crippen molar-refractivity contribution in [2.24, 2.45) is 5.92 Å². The lowest BCUT2D eigenvalue weighted by atomic mass is 9.97. The van der Waals surface area contributed by atoms with E-state index in [0.717, 1.165) is 15.6 Å². The Balaban J connectivity index is 1.37. The number of nitrogens with zero attached hydrogens (tertiary/aromatic N) is 1. The molecule has 1 heterocycles. The summed E-state index contributed by atoms with van der Waals surface area (Å²) in [5.41, 5.74) is 1.85. The predicted octanol–water partition coefficient (Wildman–Crippen LogP) is 3.32. The smallest absolute Gasteiger partial charge is 0.223 e. The van der Waals surface area contributed by atoms with Gasteiger partial charge in [0.25, 0.3) is 0 Å². The first kappa shape index (κ1) is 22.9. The lowest BCUT2D eigenvalue weighted by molar-refractivity contribution is -0.126. The van der Waals surface area contributed by atoms with E-state index in [2.05, 4.69) is 21.2 Å². The van der Waals surface area contributed by atoms with Crippen LogP contribution in [0.25, 0.3) is 0 Å². The Hall–Kier alpha value is -1.74. The highest BCUT2D eigenvalue weighted by molar-refractivity contribution is 9.10. The topological polar surface area (TPSA) is 75.7 Å². The van der Waals surface area contributed by atoms with Crippen LogP contribution < -0.4 is 5.32 Å². The number of sulfonamides is 1. The molecule has 0 aliphatic carbocycles. The van der Waals surface area contributed by atoms with Crippen LogP contribution in [0.5, 0.6) is 0 Å². The quantitative estimate of drug-likeness (QED) is 0.542. The molecule has 1 saturated heterocycles. The second kappa shape index (κ2) is 11.0. The second-order valence-corrected chi connectivity index (χ2v) is 10.3. The zero-order chi connectivity index (χ0) is 21.4. The van der Waals surface area contributed by atoms with E-state index in [1.54, 1.807) is 0 Å². The van der Waals surface area contributed by atoms with E-state index in [9.17, 15) is 13.2 Å². The molecule has 0 spiro atoms. The average molecular weight is 495 g/mol. The Kier molecular flexibility index (Phi) is 8.44. The fraction of sp³-hybridized carbons (Fsp3) is 0.409. The highest BCUT2D eigenvalue weighted by Gasteiger charge is 2.31. The Labute approximate surface area is 186 Å². The second-order valence-electron chi connectivity index (χ2n) is 7.39. The van der Waals surface area contributed by atoms with Gasteiger partial charge < -0.3 is 10.1 Å². The molecule has 0 unspecified atom stereocenters. The number of piperidine rings is 1. The molecule has 1 aliphatic rings. The molecule has 0 radical (unpaired) electrons. The van der Waals surface area contributed by atoms with E-state index >= 15 is 0 Å². The van der Waals surface area contributed by atoms with Gasteiger partial charge in [0, 0.05) is 30.0 Å². The normalized spacial score (nSPS) is 15.8. The number of nitrogens with one attached hydrogen (secondary N) is 1. The molecule has 8 heteroatoms. The lowest BCUT2D eigenvalue weighted by Gasteiger charge is -2.30. The van der Waals surface area contributed by atoms with Gasteiger partial charge in [0.05, 0.1) is 19.0 Å². The maximum Gasteiger partial charge on any atom is 0.223 e. The van der Waals surface area contributed by atoms with E-state index in [4.69, 9.17) is 4.74 Å². The van der Waals surface area contributed by atoms with Crippen molar-refractivity contribution in [3.8, 4) is 0 Å². The fourth-order valence-corrected chi connectivity index (χ4v) is 5.48. The van der Waals surface area contributed by atoms with Gasteiger partial charge in [-0.25, -0.2) is 12.7 Å². The molecule has 0 atom stereocenters. The molecule has 1 aliphatic heterocycles. The van der Waals surface area contributed by atoms with Crippen LogP contribution in [0.1, 0.15) is 24.0 Å². The molecule has 3 rings (SSSR count). The summed E-state index contributed by atoms with van der Waals surface area (Å²) < 4.78 is 33.3. The summed E-state index contributed by atoms with van der Waals surface area (Å²) in [6.45, 7) is 2.16. The maximum absolute atomic E-state index is 12.7. The molecule has 2 aromatic carbocycles. The lowest BCUT2D eigenvalue weighted by Crippen LogP contribution is -2.43. The van der Waals surface area contributed by atoms with Crippen LogP contribution in [0.4, 0.5) is 0 Å². The number of hydrogen-bond acceptors (Lipinski definition) is 4. The number of hydrogen-bond donors (Lipinski definition) is 1. The third-order valence-electron chi connectivity index (χ3n) is 5.11. The van der Waals surface area contributed by atoms with Gasteiger partial charge >= 0.3 is 0 Å². The van der Waals surface area contributed by atoms with Crippen molar-refractivity contribution in [3.05, 3.63) is 70.2 Å². The van der Waals surface area contributed by atoms with Crippen molar-refractivity contribution in [1.29, 1.82) is 0 Å². The summed E-state index contributed by atoms with van der Waals surface area (Å²) in [6, 6.07) is 17.2. The van der Waals surface area contributed by atoms with Crippen molar-refractivity contribution in [2.45, 2.75) is 25.2 Å². The van der Waals surface area contributed by atoms with Crippen molar-refractivity contribution in [1.82, 2.24) is 9.62 Å². The van der Waals surface area contributed by atoms with Crippen molar-refractivity contribution in [2.75, 3.05) is 26.2 Å². The molecule has 0 bridgehead atoms. The molecular weight excluding hydrogens is 468 g/mol. The first-order valence-corrected chi connectivity index (χ1v) is 12.5. The Morgan fingerprint density at radius 3 is 2.47 bits per heavy atom. The summed E-state index contributed by atoms with van der Waals surface area (Å²) in [5, 5.41) is 2.90. The summed E-state index contributed by atoms with van der Waals surface area (Å²) >= 11 is 3.37. The number of halogens is 1. The first-order valence-electron chi connectivity index (χ1n) is 10.1. The third-order valence-corrected chi connectivity index (χ3v) is 7.46. The van der Waals surface area contributed by atoms with Crippen LogP contribution >= 0.6 is 15.9 Å². The van der Waals surface area contributed by atoms with Gasteiger partial charge in [-0.2, -0.15) is 0 Å². The number of carbonyl (C=O) groups excluding carboxylic acids is 1. The van der Waals surface area contributed by atoms with Crippen LogP contribution in [0, 0.1) is 5.92 Å². The molecule has 2 aromatic rings. The summed E-state index contributed by atoms with van der Waals surface area (Å²) in [4.78, 5) is 12.4. The van der Waals surface area contributed by atoms with Crippen molar-refractivity contribution < 1.29 is 17.9 Å². The van der Waals surface area contributed by atoms with E-state index < -0.39 is 10.0 Å². The molecule has 30 heavy (non-hydrogen) atoms. The summed E-state index contributed by atoms with van der Waals surface area (Å²) in [7, 11) is -3.39. The minimum Gasteiger partial charge on any atom is -0.375 e. The van der Waals surface area contributed by atoms with Gasteiger partial charge in [0.1, 0.15) is 0 Å². The molecular formula is C22H27BrN2O4S. The number of benzene rings is 2. The van der Waals surface area contributed by atoms with E-state index in [1.165, 1.54) is 4.31 Å². The Morgan fingerprint density at radius 2 is 1.77 bits per heavy atom. The van der Waals surface area contributed by atoms with E-state index in [-0.39, 0.29) is 17.6 Å². The molecule has 0 aromatic heterocycles. The number of ether oxygens (including phenoxy) is 1. The summed E-state index contributed by atoms with van der Waals surface area (Å²) in [6.07, 6.45) is 1.07. The van der Waals surface area contributed by atoms with Crippen LogP contribution in [0.2, 0.25) is 0 Å². The zero-order valence-electron chi connectivity index (χ0n) is 16.8. The monoisotopic (exact) mass is 494 g/mol. The Bertz CT molecular complexity index is 929. The predicted molar refractivity (Wildman–Crippen MR) is 120 cm³/mol. The van der Waals surface area contributed by atoms with Crippen LogP contribution in [0.15, 0.2) is 59.1 Å². The third kappa shape index (κ3) is 6.91. The summed E-state index contributed by atoms with van der Waals surface area (Å²) in [5.74, 6) is -0.207. The molecule has 1 fully saturated rings. The molecule has 6 nitrogen and oxygen atoms in total. The van der Waals surface area contributed by atoms with Gasteiger partial charge in [0.2, 0.25) is 15.9 Å². The fourth-order valence-electron chi connectivity index (χ4n) is 3.48. The van der Waals surface area contributed by atoms with E-state index in [0.29, 0.717) is 45.7 Å². The van der Waals surface area contributed by atoms with Gasteiger partial charge in [-0.15, -0.1) is 0 Å². The zero-order valence-corrected chi connectivity index (χ0v) is 19.2. The van der Waals surface area contributed by atoms with Gasteiger partial charge in [-0.3, -0.25) is 4.79 Å². The molecule has 0 saturated carbocycles. The SMILES string of the molecule is O=C(NCCOCc1ccccc1)C1CCN(S(=O)(=O)Cc2cccc(Br)c2)CC1. The molecule has 1 amide bonds. The van der Waals surface area contributed by atoms with Crippen LogP contribution in [-0.2, 0) is 31.9 Å². The van der Waals surface area contributed by atoms with Crippen molar-refractivity contribution >= 4 is 31.9 Å². The highest BCUT2D eigenvalue weighted by Crippen LogP contribution is 2.22. The minimum atomic E-state index is -3.39. The first-order chi connectivity index (χ1) is 14.4.